The first kappa shape index (κ1) is 22.1. The summed E-state index contributed by atoms with van der Waals surface area (Å²) in [6, 6.07) is 16.8. The number of ether oxygens (including phenoxy) is 2. The van der Waals surface area contributed by atoms with Crippen LogP contribution in [-0.2, 0) is 16.1 Å². The fourth-order valence-electron chi connectivity index (χ4n) is 3.85. The predicted octanol–water partition coefficient (Wildman–Crippen LogP) is 5.46. The Hall–Kier alpha value is -2.59. The number of rotatable bonds is 10. The fourth-order valence-corrected chi connectivity index (χ4v) is 3.85. The summed E-state index contributed by atoms with van der Waals surface area (Å²) >= 11 is 0. The number of nitrogens with zero attached hydrogens (tertiary/aromatic N) is 1. The van der Waals surface area contributed by atoms with E-state index < -0.39 is 0 Å². The summed E-state index contributed by atoms with van der Waals surface area (Å²) in [6.07, 6.45) is 6.93. The summed E-state index contributed by atoms with van der Waals surface area (Å²) < 4.78 is 11.0. The highest BCUT2D eigenvalue weighted by atomic mass is 16.5. The van der Waals surface area contributed by atoms with E-state index in [0.717, 1.165) is 44.5 Å². The number of hydrogen-bond donors (Lipinski definition) is 0. The molecule has 0 amide bonds. The summed E-state index contributed by atoms with van der Waals surface area (Å²) in [5.41, 5.74) is 4.93. The van der Waals surface area contributed by atoms with Crippen molar-refractivity contribution in [3.8, 4) is 5.75 Å². The van der Waals surface area contributed by atoms with Crippen molar-refractivity contribution in [2.24, 2.45) is 0 Å². The number of esters is 1. The van der Waals surface area contributed by atoms with Gasteiger partial charge in [0.1, 0.15) is 12.4 Å². The van der Waals surface area contributed by atoms with Gasteiger partial charge in [-0.15, -0.1) is 0 Å². The lowest BCUT2D eigenvalue weighted by atomic mass is 9.93. The maximum atomic E-state index is 11.4. The second-order valence-electron chi connectivity index (χ2n) is 7.77. The number of hydrogen-bond acceptors (Lipinski definition) is 4. The van der Waals surface area contributed by atoms with Crippen molar-refractivity contribution >= 4 is 11.5 Å². The number of benzene rings is 2. The molecule has 1 aliphatic heterocycles. The minimum Gasteiger partial charge on any atom is -0.488 e. The maximum absolute atomic E-state index is 11.4. The molecule has 3 rings (SSSR count). The van der Waals surface area contributed by atoms with Crippen LogP contribution in [0.4, 0.5) is 0 Å². The lowest BCUT2D eigenvalue weighted by Gasteiger charge is -2.16. The Kier molecular flexibility index (Phi) is 8.52. The van der Waals surface area contributed by atoms with E-state index in [-0.39, 0.29) is 5.97 Å². The molecule has 30 heavy (non-hydrogen) atoms. The van der Waals surface area contributed by atoms with E-state index in [1.165, 1.54) is 22.3 Å². The highest BCUT2D eigenvalue weighted by Gasteiger charge is 2.18. The zero-order valence-corrected chi connectivity index (χ0v) is 18.2. The van der Waals surface area contributed by atoms with Crippen molar-refractivity contribution in [1.82, 2.24) is 4.90 Å². The lowest BCUT2D eigenvalue weighted by Crippen LogP contribution is -2.20. The largest absolute Gasteiger partial charge is 0.488 e. The van der Waals surface area contributed by atoms with Crippen LogP contribution in [0.15, 0.2) is 54.6 Å². The smallest absolute Gasteiger partial charge is 0.305 e. The molecule has 0 radical (unpaired) electrons. The SMILES string of the molecule is CCOC(=O)CCCCCN(C)CCC=C1c2ccccc2COc2ccccc21. The van der Waals surface area contributed by atoms with Crippen LogP contribution in [0.5, 0.6) is 5.75 Å². The summed E-state index contributed by atoms with van der Waals surface area (Å²) in [4.78, 5) is 13.8. The van der Waals surface area contributed by atoms with Gasteiger partial charge in [0.05, 0.1) is 6.61 Å². The summed E-state index contributed by atoms with van der Waals surface area (Å²) in [5, 5.41) is 0. The van der Waals surface area contributed by atoms with Crippen LogP contribution in [0.2, 0.25) is 0 Å². The average Bonchev–Trinajstić information content (AvgIpc) is 2.91. The van der Waals surface area contributed by atoms with Gasteiger partial charge < -0.3 is 14.4 Å². The minimum atomic E-state index is -0.0783. The van der Waals surface area contributed by atoms with E-state index in [4.69, 9.17) is 9.47 Å². The molecule has 1 aliphatic rings. The highest BCUT2D eigenvalue weighted by Crippen LogP contribution is 2.36. The van der Waals surface area contributed by atoms with Crippen molar-refractivity contribution in [2.75, 3.05) is 26.7 Å². The Bertz CT molecular complexity index is 809. The molecule has 1 heterocycles. The van der Waals surface area contributed by atoms with E-state index in [0.29, 0.717) is 19.6 Å². The summed E-state index contributed by atoms with van der Waals surface area (Å²) in [5.74, 6) is 0.875. The van der Waals surface area contributed by atoms with E-state index in [2.05, 4.69) is 60.5 Å². The Morgan fingerprint density at radius 1 is 1.03 bits per heavy atom. The Morgan fingerprint density at radius 3 is 2.63 bits per heavy atom. The van der Waals surface area contributed by atoms with Gasteiger partial charge in [-0.25, -0.2) is 0 Å². The molecule has 160 valence electrons. The minimum absolute atomic E-state index is 0.0783. The van der Waals surface area contributed by atoms with Crippen molar-refractivity contribution in [3.63, 3.8) is 0 Å². The van der Waals surface area contributed by atoms with Gasteiger partial charge in [0, 0.05) is 18.5 Å². The second-order valence-corrected chi connectivity index (χ2v) is 7.77. The van der Waals surface area contributed by atoms with Crippen LogP contribution >= 0.6 is 0 Å². The van der Waals surface area contributed by atoms with E-state index in [9.17, 15) is 4.79 Å². The Balaban J connectivity index is 1.54. The number of unbranched alkanes of at least 4 members (excludes halogenated alkanes) is 2. The quantitative estimate of drug-likeness (QED) is 0.387. The predicted molar refractivity (Wildman–Crippen MR) is 122 cm³/mol. The number of carbonyl (C=O) groups is 1. The van der Waals surface area contributed by atoms with Crippen molar-refractivity contribution in [3.05, 3.63) is 71.3 Å². The maximum Gasteiger partial charge on any atom is 0.305 e. The van der Waals surface area contributed by atoms with E-state index >= 15 is 0 Å². The third-order valence-corrected chi connectivity index (χ3v) is 5.45. The van der Waals surface area contributed by atoms with Crippen molar-refractivity contribution in [1.29, 1.82) is 0 Å². The second kappa shape index (κ2) is 11.6. The monoisotopic (exact) mass is 407 g/mol. The summed E-state index contributed by atoms with van der Waals surface area (Å²) in [6.45, 7) is 4.98. The highest BCUT2D eigenvalue weighted by molar-refractivity contribution is 5.84. The van der Waals surface area contributed by atoms with Crippen LogP contribution in [0.1, 0.15) is 55.7 Å². The normalized spacial score (nSPS) is 14.0. The van der Waals surface area contributed by atoms with Crippen LogP contribution in [0.3, 0.4) is 0 Å². The molecular formula is C26H33NO3. The zero-order chi connectivity index (χ0) is 21.2. The van der Waals surface area contributed by atoms with Crippen molar-refractivity contribution < 1.29 is 14.3 Å². The standard InChI is InChI=1S/C26H33NO3/c1-3-29-26(28)17-5-4-10-18-27(2)19-11-15-23-22-13-7-6-12-21(22)20-30-25-16-9-8-14-24(23)25/h6-9,12-16H,3-5,10-11,17-20H2,1-2H3. The molecule has 4 nitrogen and oxygen atoms in total. The van der Waals surface area contributed by atoms with Gasteiger partial charge in [-0.1, -0.05) is 55.0 Å². The molecule has 0 saturated carbocycles. The fraction of sp³-hybridized carbons (Fsp3) is 0.423. The molecule has 0 spiro atoms. The summed E-state index contributed by atoms with van der Waals surface area (Å²) in [7, 11) is 2.17. The van der Waals surface area contributed by atoms with Crippen LogP contribution in [0.25, 0.3) is 5.57 Å². The van der Waals surface area contributed by atoms with Gasteiger partial charge in [-0.3, -0.25) is 4.79 Å². The van der Waals surface area contributed by atoms with Crippen LogP contribution in [0, 0.1) is 0 Å². The topological polar surface area (TPSA) is 38.8 Å². The number of carbonyl (C=O) groups excluding carboxylic acids is 1. The number of fused-ring (bicyclic) bond motifs is 2. The molecule has 0 unspecified atom stereocenters. The molecule has 4 heteroatoms. The first-order chi connectivity index (χ1) is 14.7. The molecule has 0 aliphatic carbocycles. The zero-order valence-electron chi connectivity index (χ0n) is 18.2. The molecular weight excluding hydrogens is 374 g/mol. The first-order valence-electron chi connectivity index (χ1n) is 11.0. The third kappa shape index (κ3) is 6.20. The Labute approximate surface area is 180 Å². The lowest BCUT2D eigenvalue weighted by molar-refractivity contribution is -0.143. The van der Waals surface area contributed by atoms with Crippen molar-refractivity contribution in [2.45, 2.75) is 45.6 Å². The molecule has 0 bridgehead atoms. The number of para-hydroxylation sites is 1. The molecule has 2 aromatic carbocycles. The van der Waals surface area contributed by atoms with Gasteiger partial charge in [0.2, 0.25) is 0 Å². The van der Waals surface area contributed by atoms with E-state index in [1.807, 2.05) is 13.0 Å². The third-order valence-electron chi connectivity index (χ3n) is 5.45. The van der Waals surface area contributed by atoms with Crippen LogP contribution < -0.4 is 4.74 Å². The average molecular weight is 408 g/mol. The first-order valence-corrected chi connectivity index (χ1v) is 11.0. The van der Waals surface area contributed by atoms with Gasteiger partial charge in [-0.05, 0) is 62.5 Å². The molecule has 0 aromatic heterocycles. The van der Waals surface area contributed by atoms with Gasteiger partial charge >= 0.3 is 5.97 Å². The van der Waals surface area contributed by atoms with Gasteiger partial charge in [0.15, 0.2) is 0 Å². The van der Waals surface area contributed by atoms with Gasteiger partial charge in [0.25, 0.3) is 0 Å². The molecule has 0 atom stereocenters. The van der Waals surface area contributed by atoms with E-state index in [1.54, 1.807) is 0 Å². The molecule has 0 N–H and O–H groups in total. The molecule has 0 fully saturated rings. The molecule has 2 aromatic rings. The molecule has 0 saturated heterocycles. The Morgan fingerprint density at radius 2 is 1.80 bits per heavy atom. The van der Waals surface area contributed by atoms with Crippen LogP contribution in [-0.4, -0.2) is 37.6 Å². The van der Waals surface area contributed by atoms with Gasteiger partial charge in [-0.2, -0.15) is 0 Å².